The van der Waals surface area contributed by atoms with E-state index in [4.69, 9.17) is 27.9 Å². The summed E-state index contributed by atoms with van der Waals surface area (Å²) in [6.07, 6.45) is 0. The summed E-state index contributed by atoms with van der Waals surface area (Å²) in [6.45, 7) is 2.70. The van der Waals surface area contributed by atoms with Gasteiger partial charge in [-0.2, -0.15) is 4.98 Å². The van der Waals surface area contributed by atoms with Crippen LogP contribution < -0.4 is 10.1 Å². The van der Waals surface area contributed by atoms with E-state index in [0.29, 0.717) is 21.7 Å². The number of methoxy groups -OCH3 is 1. The van der Waals surface area contributed by atoms with Crippen molar-refractivity contribution in [1.82, 2.24) is 4.98 Å². The molecule has 13 heavy (non-hydrogen) atoms. The van der Waals surface area contributed by atoms with Crippen LogP contribution in [-0.4, -0.2) is 18.6 Å². The van der Waals surface area contributed by atoms with Gasteiger partial charge < -0.3 is 10.1 Å². The number of hydrogen-bond acceptors (Lipinski definition) is 3. The lowest BCUT2D eigenvalue weighted by Gasteiger charge is -2.08. The van der Waals surface area contributed by atoms with E-state index in [1.807, 2.05) is 6.92 Å². The maximum absolute atomic E-state index is 5.87. The van der Waals surface area contributed by atoms with Crippen LogP contribution in [0.15, 0.2) is 6.07 Å². The zero-order valence-electron chi connectivity index (χ0n) is 7.40. The van der Waals surface area contributed by atoms with Crippen molar-refractivity contribution >= 4 is 29.0 Å². The van der Waals surface area contributed by atoms with Gasteiger partial charge in [-0.25, -0.2) is 0 Å². The molecule has 0 bridgehead atoms. The van der Waals surface area contributed by atoms with E-state index >= 15 is 0 Å². The second-order valence-electron chi connectivity index (χ2n) is 2.34. The van der Waals surface area contributed by atoms with Crippen molar-refractivity contribution in [2.45, 2.75) is 6.92 Å². The molecule has 1 heterocycles. The number of nitrogens with one attached hydrogen (secondary N) is 1. The topological polar surface area (TPSA) is 34.2 Å². The van der Waals surface area contributed by atoms with Gasteiger partial charge in [0.25, 0.3) is 0 Å². The molecule has 0 atom stereocenters. The Labute approximate surface area is 87.0 Å². The van der Waals surface area contributed by atoms with Crippen molar-refractivity contribution in [1.29, 1.82) is 0 Å². The van der Waals surface area contributed by atoms with Crippen LogP contribution in [0.4, 0.5) is 5.82 Å². The van der Waals surface area contributed by atoms with Crippen molar-refractivity contribution in [2.24, 2.45) is 0 Å². The molecule has 1 aromatic heterocycles. The molecule has 0 unspecified atom stereocenters. The minimum absolute atomic E-state index is 0.377. The molecule has 0 spiro atoms. The van der Waals surface area contributed by atoms with Crippen molar-refractivity contribution in [3.8, 4) is 5.88 Å². The number of hydrogen-bond donors (Lipinski definition) is 1. The standard InChI is InChI=1S/C8H10Cl2N2O/c1-3-11-7-5(9)4-6(10)8(12-7)13-2/h4H,3H2,1-2H3,(H,11,12). The van der Waals surface area contributed by atoms with Crippen molar-refractivity contribution in [3.63, 3.8) is 0 Å². The molecule has 1 N–H and O–H groups in total. The van der Waals surface area contributed by atoms with Crippen LogP contribution in [0.2, 0.25) is 10.0 Å². The van der Waals surface area contributed by atoms with E-state index in [1.54, 1.807) is 6.07 Å². The lowest BCUT2D eigenvalue weighted by molar-refractivity contribution is 0.399. The van der Waals surface area contributed by atoms with Gasteiger partial charge in [-0.3, -0.25) is 0 Å². The molecule has 0 aliphatic heterocycles. The zero-order valence-corrected chi connectivity index (χ0v) is 8.91. The molecule has 0 aliphatic carbocycles. The molecule has 72 valence electrons. The Morgan fingerprint density at radius 1 is 1.46 bits per heavy atom. The van der Waals surface area contributed by atoms with Gasteiger partial charge in [-0.05, 0) is 13.0 Å². The van der Waals surface area contributed by atoms with Crippen LogP contribution in [0.25, 0.3) is 0 Å². The number of halogens is 2. The van der Waals surface area contributed by atoms with Gasteiger partial charge in [0.05, 0.1) is 12.1 Å². The minimum Gasteiger partial charge on any atom is -0.480 e. The summed E-state index contributed by atoms with van der Waals surface area (Å²) in [5.41, 5.74) is 0. The van der Waals surface area contributed by atoms with Crippen LogP contribution in [0.3, 0.4) is 0 Å². The Hall–Kier alpha value is -0.670. The fourth-order valence-electron chi connectivity index (χ4n) is 0.884. The lowest BCUT2D eigenvalue weighted by atomic mass is 10.4. The smallest absolute Gasteiger partial charge is 0.234 e. The monoisotopic (exact) mass is 220 g/mol. The third-order valence-electron chi connectivity index (χ3n) is 1.43. The molecule has 3 nitrogen and oxygen atoms in total. The summed E-state index contributed by atoms with van der Waals surface area (Å²) >= 11 is 11.7. The lowest BCUT2D eigenvalue weighted by Crippen LogP contribution is -2.01. The van der Waals surface area contributed by atoms with Gasteiger partial charge in [0, 0.05) is 6.54 Å². The third-order valence-corrected chi connectivity index (χ3v) is 1.99. The first-order valence-corrected chi connectivity index (χ1v) is 4.58. The number of anilines is 1. The van der Waals surface area contributed by atoms with Gasteiger partial charge in [0.1, 0.15) is 10.8 Å². The second-order valence-corrected chi connectivity index (χ2v) is 3.15. The predicted molar refractivity (Wildman–Crippen MR) is 55.0 cm³/mol. The van der Waals surface area contributed by atoms with Gasteiger partial charge in [-0.1, -0.05) is 23.2 Å². The van der Waals surface area contributed by atoms with E-state index < -0.39 is 0 Å². The summed E-state index contributed by atoms with van der Waals surface area (Å²) in [4.78, 5) is 4.08. The first-order valence-electron chi connectivity index (χ1n) is 3.83. The van der Waals surface area contributed by atoms with Crippen LogP contribution >= 0.6 is 23.2 Å². The Bertz CT molecular complexity index is 304. The number of nitrogens with zero attached hydrogens (tertiary/aromatic N) is 1. The van der Waals surface area contributed by atoms with E-state index in [9.17, 15) is 0 Å². The Morgan fingerprint density at radius 3 is 2.69 bits per heavy atom. The van der Waals surface area contributed by atoms with Crippen LogP contribution in [0.5, 0.6) is 5.88 Å². The van der Waals surface area contributed by atoms with Crippen molar-refractivity contribution in [3.05, 3.63) is 16.1 Å². The Kier molecular flexibility index (Phi) is 3.63. The zero-order chi connectivity index (χ0) is 9.84. The first-order chi connectivity index (χ1) is 6.19. The van der Waals surface area contributed by atoms with E-state index in [2.05, 4.69) is 10.3 Å². The van der Waals surface area contributed by atoms with Gasteiger partial charge in [0.2, 0.25) is 5.88 Å². The maximum Gasteiger partial charge on any atom is 0.234 e. The molecule has 0 aromatic carbocycles. The third kappa shape index (κ3) is 2.39. The summed E-state index contributed by atoms with van der Waals surface area (Å²) < 4.78 is 4.95. The highest BCUT2D eigenvalue weighted by atomic mass is 35.5. The number of rotatable bonds is 3. The molecule has 0 amide bonds. The number of ether oxygens (including phenoxy) is 1. The molecule has 1 aromatic rings. The SMILES string of the molecule is CCNc1nc(OC)c(Cl)cc1Cl. The highest BCUT2D eigenvalue weighted by Crippen LogP contribution is 2.30. The molecular formula is C8H10Cl2N2O. The maximum atomic E-state index is 5.87. The van der Waals surface area contributed by atoms with Gasteiger partial charge >= 0.3 is 0 Å². The van der Waals surface area contributed by atoms with Crippen molar-refractivity contribution in [2.75, 3.05) is 19.0 Å². The van der Waals surface area contributed by atoms with Crippen molar-refractivity contribution < 1.29 is 4.74 Å². The fourth-order valence-corrected chi connectivity index (χ4v) is 1.39. The molecule has 0 aliphatic rings. The molecule has 0 fully saturated rings. The van der Waals surface area contributed by atoms with Gasteiger partial charge in [-0.15, -0.1) is 0 Å². The average molecular weight is 221 g/mol. The number of pyridine rings is 1. The van der Waals surface area contributed by atoms with E-state index in [0.717, 1.165) is 6.54 Å². The molecule has 5 heteroatoms. The predicted octanol–water partition coefficient (Wildman–Crippen LogP) is 2.83. The second kappa shape index (κ2) is 4.53. The normalized spacial score (nSPS) is 9.85. The molecule has 1 rings (SSSR count). The number of aromatic nitrogens is 1. The molecule has 0 radical (unpaired) electrons. The Balaban J connectivity index is 3.06. The summed E-state index contributed by atoms with van der Waals surface area (Å²) in [5.74, 6) is 0.965. The largest absolute Gasteiger partial charge is 0.480 e. The fraction of sp³-hybridized carbons (Fsp3) is 0.375. The van der Waals surface area contributed by atoms with E-state index in [-0.39, 0.29) is 0 Å². The highest BCUT2D eigenvalue weighted by molar-refractivity contribution is 6.36. The van der Waals surface area contributed by atoms with Crippen LogP contribution in [0, 0.1) is 0 Å². The average Bonchev–Trinajstić information content (AvgIpc) is 2.10. The quantitative estimate of drug-likeness (QED) is 0.851. The minimum atomic E-state index is 0.377. The van der Waals surface area contributed by atoms with E-state index in [1.165, 1.54) is 7.11 Å². The van der Waals surface area contributed by atoms with Gasteiger partial charge in [0.15, 0.2) is 0 Å². The molecule has 0 saturated carbocycles. The summed E-state index contributed by atoms with van der Waals surface area (Å²) in [5, 5.41) is 3.90. The summed E-state index contributed by atoms with van der Waals surface area (Å²) in [7, 11) is 1.51. The molecular weight excluding hydrogens is 211 g/mol. The first kappa shape index (κ1) is 10.4. The molecule has 0 saturated heterocycles. The summed E-state index contributed by atoms with van der Waals surface area (Å²) in [6, 6.07) is 1.60. The highest BCUT2D eigenvalue weighted by Gasteiger charge is 2.08. The Morgan fingerprint density at radius 2 is 2.15 bits per heavy atom. The van der Waals surface area contributed by atoms with Crippen LogP contribution in [-0.2, 0) is 0 Å². The van der Waals surface area contributed by atoms with Crippen LogP contribution in [0.1, 0.15) is 6.92 Å².